The molecule has 0 aromatic heterocycles. The highest BCUT2D eigenvalue weighted by Gasteiger charge is 2.41. The Kier molecular flexibility index (Phi) is 4.64. The Morgan fingerprint density at radius 1 is 1.29 bits per heavy atom. The first-order valence-electron chi connectivity index (χ1n) is 7.15. The van der Waals surface area contributed by atoms with Gasteiger partial charge in [-0.2, -0.15) is 0 Å². The summed E-state index contributed by atoms with van der Waals surface area (Å²) in [4.78, 5) is 26.7. The van der Waals surface area contributed by atoms with Crippen LogP contribution in [0.2, 0.25) is 0 Å². The average Bonchev–Trinajstić information content (AvgIpc) is 2.48. The highest BCUT2D eigenvalue weighted by Crippen LogP contribution is 2.27. The van der Waals surface area contributed by atoms with E-state index in [4.69, 9.17) is 6.42 Å². The topological polar surface area (TPSA) is 49.4 Å². The Morgan fingerprint density at radius 3 is 2.52 bits per heavy atom. The lowest BCUT2D eigenvalue weighted by atomic mass is 9.94. The van der Waals surface area contributed by atoms with Gasteiger partial charge in [0.05, 0.1) is 0 Å². The lowest BCUT2D eigenvalue weighted by Gasteiger charge is -2.40. The van der Waals surface area contributed by atoms with Gasteiger partial charge < -0.3 is 10.2 Å². The highest BCUT2D eigenvalue weighted by atomic mass is 16.2. The lowest BCUT2D eigenvalue weighted by molar-refractivity contribution is -0.150. The van der Waals surface area contributed by atoms with E-state index < -0.39 is 12.1 Å². The molecule has 2 rings (SSSR count). The fourth-order valence-electron chi connectivity index (χ4n) is 2.58. The normalized spacial score (nSPS) is 22.1. The van der Waals surface area contributed by atoms with Gasteiger partial charge in [0.15, 0.2) is 0 Å². The van der Waals surface area contributed by atoms with E-state index in [1.54, 1.807) is 4.90 Å². The minimum Gasteiger partial charge on any atom is -0.342 e. The maximum Gasteiger partial charge on any atom is 0.248 e. The summed E-state index contributed by atoms with van der Waals surface area (Å²) in [5.41, 5.74) is 0.808. The van der Waals surface area contributed by atoms with Gasteiger partial charge >= 0.3 is 0 Å². The first-order chi connectivity index (χ1) is 10.1. The molecule has 110 valence electrons. The molecule has 4 nitrogen and oxygen atoms in total. The Balaban J connectivity index is 2.35. The molecule has 21 heavy (non-hydrogen) atoms. The second-order valence-corrected chi connectivity index (χ2v) is 5.53. The molecular formula is C17H20N2O2. The Labute approximate surface area is 125 Å². The zero-order valence-corrected chi connectivity index (χ0v) is 12.4. The van der Waals surface area contributed by atoms with Crippen molar-refractivity contribution in [1.82, 2.24) is 10.2 Å². The third-order valence-corrected chi connectivity index (χ3v) is 3.69. The molecule has 1 aliphatic heterocycles. The van der Waals surface area contributed by atoms with Crippen molar-refractivity contribution >= 4 is 11.8 Å². The molecule has 1 saturated heterocycles. The van der Waals surface area contributed by atoms with Gasteiger partial charge in [-0.25, -0.2) is 0 Å². The van der Waals surface area contributed by atoms with Gasteiger partial charge in [0.2, 0.25) is 11.8 Å². The third-order valence-electron chi connectivity index (χ3n) is 3.69. The molecule has 1 heterocycles. The van der Waals surface area contributed by atoms with Crippen LogP contribution in [0.5, 0.6) is 0 Å². The maximum atomic E-state index is 12.6. The van der Waals surface area contributed by atoms with Crippen LogP contribution < -0.4 is 5.32 Å². The van der Waals surface area contributed by atoms with E-state index in [-0.39, 0.29) is 17.7 Å². The zero-order valence-electron chi connectivity index (χ0n) is 12.4. The standard InChI is InChI=1S/C17H20N2O2/c1-4-5-11-19-15(13-9-7-6-8-10-13)16(20)18-14(12(2)3)17(19)21/h1,6-10,12,14-15H,5,11H2,2-3H3,(H,18,20). The molecule has 4 heteroatoms. The van der Waals surface area contributed by atoms with E-state index in [1.165, 1.54) is 0 Å². The summed E-state index contributed by atoms with van der Waals surface area (Å²) in [7, 11) is 0. The summed E-state index contributed by atoms with van der Waals surface area (Å²) >= 11 is 0. The highest BCUT2D eigenvalue weighted by molar-refractivity contribution is 5.97. The van der Waals surface area contributed by atoms with Crippen molar-refractivity contribution in [3.05, 3.63) is 35.9 Å². The van der Waals surface area contributed by atoms with E-state index >= 15 is 0 Å². The number of terminal acetylenes is 1. The van der Waals surface area contributed by atoms with Crippen LogP contribution in [0.15, 0.2) is 30.3 Å². The van der Waals surface area contributed by atoms with Crippen molar-refractivity contribution in [3.8, 4) is 12.3 Å². The number of benzene rings is 1. The number of carbonyl (C=O) groups is 2. The molecule has 0 saturated carbocycles. The molecule has 2 unspecified atom stereocenters. The second kappa shape index (κ2) is 6.45. The van der Waals surface area contributed by atoms with Gasteiger partial charge in [0.1, 0.15) is 12.1 Å². The summed E-state index contributed by atoms with van der Waals surface area (Å²) in [6, 6.07) is 8.25. The van der Waals surface area contributed by atoms with Gasteiger partial charge in [-0.15, -0.1) is 12.3 Å². The molecule has 0 spiro atoms. The van der Waals surface area contributed by atoms with Crippen LogP contribution in [0.1, 0.15) is 31.9 Å². The minimum atomic E-state index is -0.595. The van der Waals surface area contributed by atoms with Crippen LogP contribution in [0.4, 0.5) is 0 Å². The van der Waals surface area contributed by atoms with Crippen molar-refractivity contribution in [2.45, 2.75) is 32.4 Å². The van der Waals surface area contributed by atoms with Gasteiger partial charge in [-0.3, -0.25) is 9.59 Å². The van der Waals surface area contributed by atoms with Gasteiger partial charge in [-0.05, 0) is 11.5 Å². The average molecular weight is 284 g/mol. The van der Waals surface area contributed by atoms with Crippen LogP contribution in [0.3, 0.4) is 0 Å². The second-order valence-electron chi connectivity index (χ2n) is 5.53. The summed E-state index contributed by atoms with van der Waals surface area (Å²) in [5.74, 6) is 2.39. The van der Waals surface area contributed by atoms with Crippen molar-refractivity contribution in [1.29, 1.82) is 0 Å². The molecule has 1 aliphatic rings. The predicted molar refractivity (Wildman–Crippen MR) is 81.1 cm³/mol. The Hall–Kier alpha value is -2.28. The quantitative estimate of drug-likeness (QED) is 0.856. The van der Waals surface area contributed by atoms with Crippen LogP contribution in [-0.4, -0.2) is 29.3 Å². The van der Waals surface area contributed by atoms with Crippen molar-refractivity contribution in [2.24, 2.45) is 5.92 Å². The summed E-state index contributed by atoms with van der Waals surface area (Å²) < 4.78 is 0. The Bertz CT molecular complexity index is 560. The predicted octanol–water partition coefficient (Wildman–Crippen LogP) is 1.73. The van der Waals surface area contributed by atoms with Crippen LogP contribution in [-0.2, 0) is 9.59 Å². The number of amides is 2. The van der Waals surface area contributed by atoms with E-state index in [0.29, 0.717) is 13.0 Å². The molecule has 1 N–H and O–H groups in total. The number of hydrogen-bond donors (Lipinski definition) is 1. The minimum absolute atomic E-state index is 0.0477. The Morgan fingerprint density at radius 2 is 1.95 bits per heavy atom. The third kappa shape index (κ3) is 3.08. The number of nitrogens with zero attached hydrogens (tertiary/aromatic N) is 1. The maximum absolute atomic E-state index is 12.6. The fraction of sp³-hybridized carbons (Fsp3) is 0.412. The molecule has 2 atom stereocenters. The molecule has 0 radical (unpaired) electrons. The summed E-state index contributed by atoms with van der Waals surface area (Å²) in [6.45, 7) is 4.24. The van der Waals surface area contributed by atoms with Crippen molar-refractivity contribution in [2.75, 3.05) is 6.54 Å². The van der Waals surface area contributed by atoms with Crippen LogP contribution >= 0.6 is 0 Å². The van der Waals surface area contributed by atoms with E-state index in [0.717, 1.165) is 5.56 Å². The molecule has 2 amide bonds. The lowest BCUT2D eigenvalue weighted by Crippen LogP contribution is -2.61. The van der Waals surface area contributed by atoms with Crippen molar-refractivity contribution < 1.29 is 9.59 Å². The molecule has 0 bridgehead atoms. The number of rotatable bonds is 4. The fourth-order valence-corrected chi connectivity index (χ4v) is 2.58. The number of carbonyl (C=O) groups excluding carboxylic acids is 2. The van der Waals surface area contributed by atoms with Gasteiger partial charge in [-0.1, -0.05) is 44.2 Å². The number of piperazine rings is 1. The SMILES string of the molecule is C#CCCN1C(=O)C(C(C)C)NC(=O)C1c1ccccc1. The van der Waals surface area contributed by atoms with Crippen molar-refractivity contribution in [3.63, 3.8) is 0 Å². The smallest absolute Gasteiger partial charge is 0.248 e. The number of hydrogen-bond acceptors (Lipinski definition) is 2. The first-order valence-corrected chi connectivity index (χ1v) is 7.15. The molecule has 1 fully saturated rings. The molecule has 1 aromatic carbocycles. The molecule has 0 aliphatic carbocycles. The van der Waals surface area contributed by atoms with E-state index in [9.17, 15) is 9.59 Å². The molecular weight excluding hydrogens is 264 g/mol. The monoisotopic (exact) mass is 284 g/mol. The van der Waals surface area contributed by atoms with Crippen LogP contribution in [0.25, 0.3) is 0 Å². The van der Waals surface area contributed by atoms with Gasteiger partial charge in [0, 0.05) is 13.0 Å². The van der Waals surface area contributed by atoms with Crippen LogP contribution in [0, 0.1) is 18.3 Å². The summed E-state index contributed by atoms with van der Waals surface area (Å²) in [6.07, 6.45) is 5.75. The van der Waals surface area contributed by atoms with E-state index in [1.807, 2.05) is 44.2 Å². The first kappa shape index (κ1) is 15.1. The van der Waals surface area contributed by atoms with Gasteiger partial charge in [0.25, 0.3) is 0 Å². The number of nitrogens with one attached hydrogen (secondary N) is 1. The van der Waals surface area contributed by atoms with E-state index in [2.05, 4.69) is 11.2 Å². The zero-order chi connectivity index (χ0) is 15.4. The summed E-state index contributed by atoms with van der Waals surface area (Å²) in [5, 5.41) is 2.84. The largest absolute Gasteiger partial charge is 0.342 e. The molecule has 1 aromatic rings.